The third kappa shape index (κ3) is 10.4. The van der Waals surface area contributed by atoms with Gasteiger partial charge in [0.05, 0.1) is 0 Å². The van der Waals surface area contributed by atoms with Crippen LogP contribution in [0.2, 0.25) is 0 Å². The molecule has 0 fully saturated rings. The molecule has 0 aromatic heterocycles. The zero-order valence-corrected chi connectivity index (χ0v) is 11.2. The second-order valence-electron chi connectivity index (χ2n) is 3.81. The Hall–Kier alpha value is 0.100. The SMILES string of the molecule is CCCCCCC(=C=CCl)CCCCCl. The van der Waals surface area contributed by atoms with Gasteiger partial charge in [-0.2, -0.15) is 0 Å². The van der Waals surface area contributed by atoms with Crippen molar-refractivity contribution in [2.45, 2.75) is 58.3 Å². The van der Waals surface area contributed by atoms with Crippen LogP contribution in [0, 0.1) is 0 Å². The van der Waals surface area contributed by atoms with Crippen molar-refractivity contribution in [1.29, 1.82) is 0 Å². The summed E-state index contributed by atoms with van der Waals surface area (Å²) in [5, 5.41) is 0. The number of halogens is 2. The van der Waals surface area contributed by atoms with Crippen LogP contribution in [0.15, 0.2) is 16.8 Å². The van der Waals surface area contributed by atoms with E-state index in [2.05, 4.69) is 12.7 Å². The smallest absolute Gasteiger partial charge is 0.0462 e. The summed E-state index contributed by atoms with van der Waals surface area (Å²) in [5.74, 6) is 0.758. The topological polar surface area (TPSA) is 0 Å². The molecule has 0 aliphatic rings. The van der Waals surface area contributed by atoms with Crippen LogP contribution in [-0.2, 0) is 0 Å². The van der Waals surface area contributed by atoms with Crippen LogP contribution in [-0.4, -0.2) is 5.88 Å². The first kappa shape index (κ1) is 15.1. The highest BCUT2D eigenvalue weighted by molar-refractivity contribution is 6.25. The first-order valence-electron chi connectivity index (χ1n) is 5.94. The Balaban J connectivity index is 3.70. The van der Waals surface area contributed by atoms with Gasteiger partial charge in [-0.1, -0.05) is 37.8 Å². The summed E-state index contributed by atoms with van der Waals surface area (Å²) in [7, 11) is 0. The van der Waals surface area contributed by atoms with E-state index in [1.165, 1.54) is 36.8 Å². The third-order valence-corrected chi connectivity index (χ3v) is 2.83. The summed E-state index contributed by atoms with van der Waals surface area (Å²) >= 11 is 11.2. The number of hydrogen-bond acceptors (Lipinski definition) is 0. The lowest BCUT2D eigenvalue weighted by atomic mass is 10.0. The Kier molecular flexibility index (Phi) is 12.3. The Bertz CT molecular complexity index is 191. The minimum Gasteiger partial charge on any atom is -0.127 e. The molecule has 0 aromatic rings. The van der Waals surface area contributed by atoms with E-state index in [0.717, 1.165) is 31.6 Å². The lowest BCUT2D eigenvalue weighted by Crippen LogP contribution is -1.86. The molecule has 0 rings (SSSR count). The fraction of sp³-hybridized carbons (Fsp3) is 0.769. The zero-order valence-electron chi connectivity index (χ0n) is 9.70. The molecule has 15 heavy (non-hydrogen) atoms. The van der Waals surface area contributed by atoms with Gasteiger partial charge in [0, 0.05) is 11.4 Å². The van der Waals surface area contributed by atoms with Crippen molar-refractivity contribution in [1.82, 2.24) is 0 Å². The quantitative estimate of drug-likeness (QED) is 0.281. The summed E-state index contributed by atoms with van der Waals surface area (Å²) in [5.41, 5.74) is 6.00. The molecule has 0 nitrogen and oxygen atoms in total. The Morgan fingerprint density at radius 3 is 2.27 bits per heavy atom. The molecule has 0 atom stereocenters. The van der Waals surface area contributed by atoms with E-state index in [-0.39, 0.29) is 0 Å². The lowest BCUT2D eigenvalue weighted by Gasteiger charge is -2.03. The predicted molar refractivity (Wildman–Crippen MR) is 70.8 cm³/mol. The van der Waals surface area contributed by atoms with Crippen molar-refractivity contribution >= 4 is 23.2 Å². The Morgan fingerprint density at radius 1 is 1.07 bits per heavy atom. The summed E-state index contributed by atoms with van der Waals surface area (Å²) < 4.78 is 0. The first-order valence-corrected chi connectivity index (χ1v) is 6.91. The van der Waals surface area contributed by atoms with Crippen molar-refractivity contribution in [2.24, 2.45) is 0 Å². The normalized spacial score (nSPS) is 9.80. The molecular formula is C13H22Cl2. The average Bonchev–Trinajstić information content (AvgIpc) is 2.24. The molecule has 0 heterocycles. The van der Waals surface area contributed by atoms with Crippen LogP contribution in [0.4, 0.5) is 0 Å². The third-order valence-electron chi connectivity index (χ3n) is 2.45. The van der Waals surface area contributed by atoms with Gasteiger partial charge in [-0.25, -0.2) is 0 Å². The van der Waals surface area contributed by atoms with Gasteiger partial charge in [-0.3, -0.25) is 0 Å². The number of hydrogen-bond donors (Lipinski definition) is 0. The highest BCUT2D eigenvalue weighted by Crippen LogP contribution is 2.15. The van der Waals surface area contributed by atoms with Crippen LogP contribution in [0.3, 0.4) is 0 Å². The Morgan fingerprint density at radius 2 is 1.73 bits per heavy atom. The van der Waals surface area contributed by atoms with Gasteiger partial charge in [0.2, 0.25) is 0 Å². The number of rotatable bonds is 9. The average molecular weight is 249 g/mol. The molecule has 0 aliphatic heterocycles. The molecule has 2 heteroatoms. The number of alkyl halides is 1. The van der Waals surface area contributed by atoms with Crippen LogP contribution >= 0.6 is 23.2 Å². The number of allylic oxidation sites excluding steroid dienone is 1. The van der Waals surface area contributed by atoms with Gasteiger partial charge in [0.1, 0.15) is 0 Å². The largest absolute Gasteiger partial charge is 0.127 e. The minimum absolute atomic E-state index is 0.758. The summed E-state index contributed by atoms with van der Waals surface area (Å²) in [4.78, 5) is 0. The lowest BCUT2D eigenvalue weighted by molar-refractivity contribution is 0.646. The molecule has 88 valence electrons. The van der Waals surface area contributed by atoms with E-state index < -0.39 is 0 Å². The summed E-state index contributed by atoms with van der Waals surface area (Å²) in [6, 6.07) is 0. The fourth-order valence-electron chi connectivity index (χ4n) is 1.54. The minimum atomic E-state index is 0.758. The van der Waals surface area contributed by atoms with Crippen molar-refractivity contribution in [3.63, 3.8) is 0 Å². The maximum Gasteiger partial charge on any atom is 0.0462 e. The van der Waals surface area contributed by atoms with Crippen LogP contribution in [0.5, 0.6) is 0 Å². The van der Waals surface area contributed by atoms with Crippen molar-refractivity contribution < 1.29 is 0 Å². The summed E-state index contributed by atoms with van der Waals surface area (Å²) in [6.07, 6.45) is 9.69. The van der Waals surface area contributed by atoms with Gasteiger partial charge in [-0.15, -0.1) is 17.3 Å². The molecule has 0 radical (unpaired) electrons. The van der Waals surface area contributed by atoms with Crippen LogP contribution in [0.25, 0.3) is 0 Å². The predicted octanol–water partition coefficient (Wildman–Crippen LogP) is 5.64. The molecule has 0 spiro atoms. The number of unbranched alkanes of at least 4 members (excludes halogenated alkanes) is 4. The first-order chi connectivity index (χ1) is 7.35. The second-order valence-corrected chi connectivity index (χ2v) is 4.41. The van der Waals surface area contributed by atoms with E-state index in [9.17, 15) is 0 Å². The molecule has 0 N–H and O–H groups in total. The van der Waals surface area contributed by atoms with E-state index in [1.807, 2.05) is 0 Å². The van der Waals surface area contributed by atoms with Crippen LogP contribution < -0.4 is 0 Å². The molecule has 0 saturated carbocycles. The molecular weight excluding hydrogens is 227 g/mol. The Labute approximate surface area is 104 Å². The molecule has 0 saturated heterocycles. The van der Waals surface area contributed by atoms with E-state index in [4.69, 9.17) is 23.2 Å². The standard InChI is InChI=1S/C13H22Cl2/c1-2-3-4-5-8-13(10-12-15)9-6-7-11-14/h12H,2-9,11H2,1H3. The zero-order chi connectivity index (χ0) is 11.4. The van der Waals surface area contributed by atoms with Gasteiger partial charge in [0.25, 0.3) is 0 Å². The van der Waals surface area contributed by atoms with Gasteiger partial charge in [0.15, 0.2) is 0 Å². The highest BCUT2D eigenvalue weighted by atomic mass is 35.5. The van der Waals surface area contributed by atoms with Crippen molar-refractivity contribution in [3.8, 4) is 0 Å². The van der Waals surface area contributed by atoms with Crippen molar-refractivity contribution in [3.05, 3.63) is 16.8 Å². The monoisotopic (exact) mass is 248 g/mol. The van der Waals surface area contributed by atoms with E-state index >= 15 is 0 Å². The molecule has 0 unspecified atom stereocenters. The second kappa shape index (κ2) is 12.2. The van der Waals surface area contributed by atoms with Crippen LogP contribution in [0.1, 0.15) is 58.3 Å². The van der Waals surface area contributed by atoms with Gasteiger partial charge < -0.3 is 0 Å². The van der Waals surface area contributed by atoms with Gasteiger partial charge >= 0.3 is 0 Å². The maximum atomic E-state index is 5.64. The maximum absolute atomic E-state index is 5.64. The highest BCUT2D eigenvalue weighted by Gasteiger charge is 1.97. The van der Waals surface area contributed by atoms with Crippen molar-refractivity contribution in [2.75, 3.05) is 5.88 Å². The molecule has 0 bridgehead atoms. The van der Waals surface area contributed by atoms with E-state index in [0.29, 0.717) is 0 Å². The summed E-state index contributed by atoms with van der Waals surface area (Å²) in [6.45, 7) is 2.23. The fourth-order valence-corrected chi connectivity index (χ4v) is 1.89. The molecule has 0 amide bonds. The van der Waals surface area contributed by atoms with E-state index in [1.54, 1.807) is 0 Å². The van der Waals surface area contributed by atoms with Gasteiger partial charge in [-0.05, 0) is 37.7 Å². The molecule has 0 aromatic carbocycles. The molecule has 0 aliphatic carbocycles.